The van der Waals surface area contributed by atoms with Gasteiger partial charge in [-0.3, -0.25) is 4.72 Å². The maximum atomic E-state index is 15.0. The molecule has 0 amide bonds. The van der Waals surface area contributed by atoms with Crippen LogP contribution in [0.15, 0.2) is 45.9 Å². The summed E-state index contributed by atoms with van der Waals surface area (Å²) in [5.41, 5.74) is -0.265. The Balaban J connectivity index is 2.04. The van der Waals surface area contributed by atoms with Crippen LogP contribution in [-0.4, -0.2) is 31.6 Å². The van der Waals surface area contributed by atoms with Crippen LogP contribution in [0, 0.1) is 17.1 Å². The molecule has 1 aliphatic heterocycles. The number of sulfonamides is 1. The van der Waals surface area contributed by atoms with E-state index in [9.17, 15) is 28.0 Å². The lowest BCUT2D eigenvalue weighted by Gasteiger charge is -2.15. The van der Waals surface area contributed by atoms with E-state index in [-0.39, 0.29) is 44.9 Å². The molecule has 0 atom stereocenters. The highest BCUT2D eigenvalue weighted by Crippen LogP contribution is 2.37. The van der Waals surface area contributed by atoms with Crippen LogP contribution >= 0.6 is 15.9 Å². The number of carbonyl (C=O) groups excluding carboxylic acids is 1. The lowest BCUT2D eigenvalue weighted by atomic mass is 9.99. The first kappa shape index (κ1) is 22.5. The maximum absolute atomic E-state index is 15.0. The number of nitriles is 1. The van der Waals surface area contributed by atoms with Crippen molar-refractivity contribution in [1.29, 1.82) is 5.26 Å². The Labute approximate surface area is 195 Å². The van der Waals surface area contributed by atoms with E-state index in [1.807, 2.05) is 0 Å². The van der Waals surface area contributed by atoms with Crippen molar-refractivity contribution in [2.24, 2.45) is 0 Å². The van der Waals surface area contributed by atoms with Gasteiger partial charge in [-0.2, -0.15) is 5.26 Å². The van der Waals surface area contributed by atoms with Gasteiger partial charge in [0, 0.05) is 29.0 Å². The molecule has 33 heavy (non-hydrogen) atoms. The zero-order chi connectivity index (χ0) is 23.9. The molecule has 9 nitrogen and oxygen atoms in total. The predicted molar refractivity (Wildman–Crippen MR) is 117 cm³/mol. The number of hydrogen-bond donors (Lipinski definition) is 2. The number of aromatic nitrogens is 1. The zero-order valence-corrected chi connectivity index (χ0v) is 19.1. The molecule has 0 saturated heterocycles. The standard InChI is InChI=1S/C21H13BrFN3O6S/c1-31-19-5-12-9-32-21(28)10-2-15(22)20(27)18(4-10)33(29,30)26-17-6-13(14(12)8-25-19)16(23)3-11(17)7-24/h2-6,8,26-27H,9H2,1H3. The fraction of sp³-hybridized carbons (Fsp3) is 0.0952. The summed E-state index contributed by atoms with van der Waals surface area (Å²) in [6.07, 6.45) is 1.28. The second-order valence-electron chi connectivity index (χ2n) is 6.86. The van der Waals surface area contributed by atoms with Gasteiger partial charge in [-0.15, -0.1) is 0 Å². The first-order valence-corrected chi connectivity index (χ1v) is 11.4. The van der Waals surface area contributed by atoms with E-state index in [4.69, 9.17) is 9.47 Å². The molecule has 12 heteroatoms. The minimum absolute atomic E-state index is 0.0706. The number of fused-ring (bicyclic) bond motifs is 6. The van der Waals surface area contributed by atoms with E-state index < -0.39 is 32.5 Å². The molecule has 0 unspecified atom stereocenters. The Hall–Kier alpha value is -3.69. The lowest BCUT2D eigenvalue weighted by Crippen LogP contribution is -2.15. The molecule has 2 N–H and O–H groups in total. The average molecular weight is 534 g/mol. The fourth-order valence-corrected chi connectivity index (χ4v) is 5.03. The van der Waals surface area contributed by atoms with Gasteiger partial charge in [0.05, 0.1) is 28.4 Å². The first-order valence-electron chi connectivity index (χ1n) is 9.14. The summed E-state index contributed by atoms with van der Waals surface area (Å²) in [7, 11) is -3.14. The summed E-state index contributed by atoms with van der Waals surface area (Å²) in [5, 5.41) is 19.7. The molecule has 0 spiro atoms. The quantitative estimate of drug-likeness (QED) is 0.451. The van der Waals surface area contributed by atoms with Crippen LogP contribution in [0.1, 0.15) is 21.5 Å². The van der Waals surface area contributed by atoms with Gasteiger partial charge >= 0.3 is 5.97 Å². The second-order valence-corrected chi connectivity index (χ2v) is 9.36. The number of methoxy groups -OCH3 is 1. The third-order valence-corrected chi connectivity index (χ3v) is 6.83. The predicted octanol–water partition coefficient (Wildman–Crippen LogP) is 3.71. The highest BCUT2D eigenvalue weighted by molar-refractivity contribution is 9.10. The molecule has 2 heterocycles. The summed E-state index contributed by atoms with van der Waals surface area (Å²) in [4.78, 5) is 16.1. The number of benzene rings is 2. The molecule has 3 aromatic rings. The number of aromatic hydroxyl groups is 1. The second kappa shape index (κ2) is 8.34. The molecular formula is C21H13BrFN3O6S. The number of phenols is 1. The molecule has 168 valence electrons. The van der Waals surface area contributed by atoms with Crippen LogP contribution in [0.5, 0.6) is 11.6 Å². The van der Waals surface area contributed by atoms with Crippen molar-refractivity contribution >= 4 is 37.6 Å². The van der Waals surface area contributed by atoms with E-state index in [0.717, 1.165) is 18.2 Å². The van der Waals surface area contributed by atoms with Crippen molar-refractivity contribution in [3.8, 4) is 28.8 Å². The Morgan fingerprint density at radius 1 is 1.27 bits per heavy atom. The molecule has 0 saturated carbocycles. The molecule has 4 bridgehead atoms. The molecule has 0 aliphatic carbocycles. The van der Waals surface area contributed by atoms with Crippen LogP contribution in [-0.2, 0) is 21.4 Å². The number of rotatable bonds is 1. The van der Waals surface area contributed by atoms with Gasteiger partial charge in [-0.05, 0) is 40.2 Å². The number of halogens is 2. The Kier molecular flexibility index (Phi) is 5.69. The summed E-state index contributed by atoms with van der Waals surface area (Å²) in [6, 6.07) is 7.33. The van der Waals surface area contributed by atoms with Crippen LogP contribution in [0.25, 0.3) is 11.1 Å². The van der Waals surface area contributed by atoms with E-state index >= 15 is 0 Å². The number of carbonyl (C=O) groups is 1. The molecular weight excluding hydrogens is 521 g/mol. The molecule has 2 aromatic carbocycles. The van der Waals surface area contributed by atoms with Gasteiger partial charge in [0.15, 0.2) is 0 Å². The summed E-state index contributed by atoms with van der Waals surface area (Å²) >= 11 is 3.03. The minimum Gasteiger partial charge on any atom is -0.505 e. The number of phenolic OH excluding ortho intramolecular Hbond substituents is 1. The number of ether oxygens (including phenoxy) is 2. The van der Waals surface area contributed by atoms with Gasteiger partial charge in [-0.1, -0.05) is 0 Å². The van der Waals surface area contributed by atoms with E-state index in [2.05, 4.69) is 25.6 Å². The molecule has 0 radical (unpaired) electrons. The van der Waals surface area contributed by atoms with Gasteiger partial charge < -0.3 is 14.6 Å². The maximum Gasteiger partial charge on any atom is 0.338 e. The van der Waals surface area contributed by atoms with Crippen LogP contribution in [0.3, 0.4) is 0 Å². The van der Waals surface area contributed by atoms with E-state index in [1.54, 1.807) is 6.07 Å². The van der Waals surface area contributed by atoms with Crippen LogP contribution < -0.4 is 9.46 Å². The molecule has 0 fully saturated rings. The number of cyclic esters (lactones) is 1. The van der Waals surface area contributed by atoms with Gasteiger partial charge in [0.1, 0.15) is 29.1 Å². The number of anilines is 1. The molecule has 4 rings (SSSR count). The third-order valence-electron chi connectivity index (χ3n) is 4.85. The average Bonchev–Trinajstić information content (AvgIpc) is 2.79. The summed E-state index contributed by atoms with van der Waals surface area (Å²) in [5.74, 6) is -2.20. The van der Waals surface area contributed by atoms with Crippen molar-refractivity contribution in [1.82, 2.24) is 4.98 Å². The van der Waals surface area contributed by atoms with Crippen molar-refractivity contribution < 1.29 is 32.2 Å². The van der Waals surface area contributed by atoms with Gasteiger partial charge in [0.25, 0.3) is 10.0 Å². The van der Waals surface area contributed by atoms with E-state index in [1.165, 1.54) is 25.4 Å². The highest BCUT2D eigenvalue weighted by atomic mass is 79.9. The van der Waals surface area contributed by atoms with Crippen molar-refractivity contribution in [3.05, 3.63) is 63.5 Å². The van der Waals surface area contributed by atoms with Crippen LogP contribution in [0.4, 0.5) is 10.1 Å². The van der Waals surface area contributed by atoms with E-state index in [0.29, 0.717) is 5.56 Å². The Morgan fingerprint density at radius 2 is 2.03 bits per heavy atom. The summed E-state index contributed by atoms with van der Waals surface area (Å²) < 4.78 is 53.6. The lowest BCUT2D eigenvalue weighted by molar-refractivity contribution is 0.0472. The highest BCUT2D eigenvalue weighted by Gasteiger charge is 2.27. The van der Waals surface area contributed by atoms with Crippen LogP contribution in [0.2, 0.25) is 0 Å². The Morgan fingerprint density at radius 3 is 2.73 bits per heavy atom. The first-order chi connectivity index (χ1) is 15.6. The topological polar surface area (TPSA) is 139 Å². The molecule has 1 aliphatic rings. The SMILES string of the molecule is COc1cc2c(cn1)-c1cc(c(C#N)cc1F)NS(=O)(=O)c1cc(cc(Br)c1O)C(=O)OC2. The number of nitrogens with one attached hydrogen (secondary N) is 1. The smallest absolute Gasteiger partial charge is 0.338 e. The monoisotopic (exact) mass is 533 g/mol. The number of pyridine rings is 1. The number of nitrogens with zero attached hydrogens (tertiary/aromatic N) is 2. The normalized spacial score (nSPS) is 14.3. The Bertz CT molecular complexity index is 1470. The van der Waals surface area contributed by atoms with Crippen molar-refractivity contribution in [2.75, 3.05) is 11.8 Å². The number of hydrogen-bond acceptors (Lipinski definition) is 8. The molecule has 1 aromatic heterocycles. The largest absolute Gasteiger partial charge is 0.505 e. The van der Waals surface area contributed by atoms with Crippen molar-refractivity contribution in [2.45, 2.75) is 11.5 Å². The third kappa shape index (κ3) is 4.08. The van der Waals surface area contributed by atoms with Gasteiger partial charge in [0.2, 0.25) is 5.88 Å². The summed E-state index contributed by atoms with van der Waals surface area (Å²) in [6.45, 7) is -0.324. The fourth-order valence-electron chi connectivity index (χ4n) is 3.23. The van der Waals surface area contributed by atoms with Crippen molar-refractivity contribution in [3.63, 3.8) is 0 Å². The zero-order valence-electron chi connectivity index (χ0n) is 16.7. The number of esters is 1. The van der Waals surface area contributed by atoms with Gasteiger partial charge in [-0.25, -0.2) is 22.6 Å². The minimum atomic E-state index is -4.52.